The third kappa shape index (κ3) is 3.49. The molecule has 12 heteroatoms. The minimum Gasteiger partial charge on any atom is -0.316 e. The van der Waals surface area contributed by atoms with Gasteiger partial charge >= 0.3 is 0 Å². The third-order valence-electron chi connectivity index (χ3n) is 6.62. The van der Waals surface area contributed by atoms with Crippen molar-refractivity contribution >= 4 is 22.6 Å². The average Bonchev–Trinajstić information content (AvgIpc) is 3.65. The summed E-state index contributed by atoms with van der Waals surface area (Å²) in [5.74, 6) is 0. The van der Waals surface area contributed by atoms with Gasteiger partial charge in [0.2, 0.25) is 15.0 Å². The fourth-order valence-corrected chi connectivity index (χ4v) is 19.2. The van der Waals surface area contributed by atoms with Crippen molar-refractivity contribution in [3.05, 3.63) is 35.9 Å². The lowest BCUT2D eigenvalue weighted by Gasteiger charge is -2.43. The summed E-state index contributed by atoms with van der Waals surface area (Å²) >= 11 is 0. The molecule has 0 amide bonds. The zero-order chi connectivity index (χ0) is 20.5. The second-order valence-electron chi connectivity index (χ2n) is 9.05. The molecule has 1 aromatic rings. The van der Waals surface area contributed by atoms with Gasteiger partial charge in [-0.1, -0.05) is 30.3 Å². The van der Waals surface area contributed by atoms with E-state index in [9.17, 15) is 0 Å². The first kappa shape index (κ1) is 20.1. The maximum Gasteiger partial charge on any atom is 0.282 e. The molecule has 0 saturated carbocycles. The molecule has 0 N–H and O–H groups in total. The fraction of sp³-hybridized carbons (Fsp3) is 0.684. The molecule has 7 rings (SSSR count). The van der Waals surface area contributed by atoms with Crippen molar-refractivity contribution in [2.45, 2.75) is 12.8 Å². The minimum atomic E-state index is -2.41. The van der Waals surface area contributed by atoms with Gasteiger partial charge in [0.1, 0.15) is 0 Å². The summed E-state index contributed by atoms with van der Waals surface area (Å²) in [5.41, 5.74) is 1.38. The van der Waals surface area contributed by atoms with Gasteiger partial charge in [-0.15, -0.1) is 0 Å². The van der Waals surface area contributed by atoms with E-state index in [4.69, 9.17) is 18.1 Å². The molecule has 6 heterocycles. The summed E-state index contributed by atoms with van der Waals surface area (Å²) < 4.78 is 36.5. The molecule has 31 heavy (non-hydrogen) atoms. The van der Waals surface area contributed by atoms with Crippen LogP contribution in [0.5, 0.6) is 0 Å². The number of hydrogen-bond acceptors (Lipinski definition) is 9. The van der Waals surface area contributed by atoms with Gasteiger partial charge in [-0.3, -0.25) is 0 Å². The number of benzene rings is 1. The van der Waals surface area contributed by atoms with Crippen LogP contribution in [-0.2, 0) is 10.9 Å². The summed E-state index contributed by atoms with van der Waals surface area (Å²) in [5, 5.41) is 0. The molecule has 9 nitrogen and oxygen atoms in total. The van der Waals surface area contributed by atoms with Gasteiger partial charge in [-0.25, -0.2) is 23.4 Å². The summed E-state index contributed by atoms with van der Waals surface area (Å²) in [7, 11) is -6.52. The van der Waals surface area contributed by atoms with E-state index in [1.54, 1.807) is 0 Å². The quantitative estimate of drug-likeness (QED) is 0.433. The van der Waals surface area contributed by atoms with Gasteiger partial charge in [0.05, 0.1) is 6.61 Å². The zero-order valence-electron chi connectivity index (χ0n) is 17.9. The summed E-state index contributed by atoms with van der Waals surface area (Å²) in [6.45, 7) is 11.8. The van der Waals surface area contributed by atoms with Crippen LogP contribution in [0.25, 0.3) is 0 Å². The molecule has 6 aliphatic rings. The van der Waals surface area contributed by atoms with Crippen molar-refractivity contribution in [3.63, 3.8) is 0 Å². The van der Waals surface area contributed by atoms with Gasteiger partial charge in [-0.2, -0.15) is 13.5 Å². The lowest BCUT2D eigenvalue weighted by atomic mass is 10.1. The molecule has 1 spiro atoms. The Kier molecular flexibility index (Phi) is 4.75. The first-order chi connectivity index (χ1) is 15.2. The second-order valence-corrected chi connectivity index (χ2v) is 17.5. The Bertz CT molecular complexity index is 986. The van der Waals surface area contributed by atoms with Crippen LogP contribution >= 0.6 is 22.6 Å². The Balaban J connectivity index is 1.36. The van der Waals surface area contributed by atoms with E-state index >= 15 is 0 Å². The molecule has 5 saturated heterocycles. The van der Waals surface area contributed by atoms with Crippen LogP contribution in [-0.4, -0.2) is 95.4 Å². The Morgan fingerprint density at radius 2 is 1.29 bits per heavy atom. The first-order valence-electron chi connectivity index (χ1n) is 11.6. The van der Waals surface area contributed by atoms with Crippen LogP contribution in [0.1, 0.15) is 12.0 Å². The standard InChI is InChI=1S/C19H31N8OP3/c1-2-5-19(6-3-1)7-9-27-8-4-18-28-31(27)21-29(23-10-11-23,24-12-13-24)20-30(22-31,25-14-15-25)26-16-17-26/h1-3,5-6H,4,7-18H2. The van der Waals surface area contributed by atoms with E-state index in [2.05, 4.69) is 53.7 Å². The maximum absolute atomic E-state index is 6.72. The number of hydrogen-bond donors (Lipinski definition) is 0. The molecule has 0 bridgehead atoms. The SMILES string of the molecule is c1ccc(CCN2CCCOP23=NP(N2CC2)(N2CC2)=NP(N2CC2)(N2CC2)=N3)cc1. The summed E-state index contributed by atoms with van der Waals surface area (Å²) in [6.07, 6.45) is 2.09. The smallest absolute Gasteiger partial charge is 0.282 e. The molecule has 0 aromatic heterocycles. The highest BCUT2D eigenvalue weighted by atomic mass is 31.3. The number of nitrogens with zero attached hydrogens (tertiary/aromatic N) is 8. The highest BCUT2D eigenvalue weighted by molar-refractivity contribution is 7.82. The summed E-state index contributed by atoms with van der Waals surface area (Å²) in [6, 6.07) is 10.8. The second kappa shape index (κ2) is 7.33. The molecular formula is C19H31N8OP3. The predicted octanol–water partition coefficient (Wildman–Crippen LogP) is 4.07. The molecule has 6 aliphatic heterocycles. The van der Waals surface area contributed by atoms with E-state index in [1.165, 1.54) is 5.56 Å². The van der Waals surface area contributed by atoms with Gasteiger partial charge in [0.25, 0.3) is 7.58 Å². The Labute approximate surface area is 185 Å². The Morgan fingerprint density at radius 1 is 0.710 bits per heavy atom. The van der Waals surface area contributed by atoms with Crippen LogP contribution in [0.3, 0.4) is 0 Å². The number of rotatable bonds is 7. The van der Waals surface area contributed by atoms with E-state index in [0.29, 0.717) is 0 Å². The zero-order valence-corrected chi connectivity index (χ0v) is 20.6. The van der Waals surface area contributed by atoms with E-state index in [0.717, 1.165) is 84.9 Å². The monoisotopic (exact) mass is 480 g/mol. The molecule has 0 radical (unpaired) electrons. The van der Waals surface area contributed by atoms with E-state index in [-0.39, 0.29) is 0 Å². The average molecular weight is 480 g/mol. The van der Waals surface area contributed by atoms with Crippen LogP contribution in [0, 0.1) is 0 Å². The highest BCUT2D eigenvalue weighted by Crippen LogP contribution is 2.86. The van der Waals surface area contributed by atoms with Crippen LogP contribution < -0.4 is 0 Å². The minimum absolute atomic E-state index is 0.780. The molecule has 168 valence electrons. The third-order valence-corrected chi connectivity index (χ3v) is 18.6. The van der Waals surface area contributed by atoms with Crippen molar-refractivity contribution in [2.75, 3.05) is 72.1 Å². The Hall–Kier alpha value is -0.330. The van der Waals surface area contributed by atoms with Crippen molar-refractivity contribution in [1.82, 2.24) is 23.4 Å². The normalized spacial score (nSPS) is 34.6. The van der Waals surface area contributed by atoms with Gasteiger partial charge in [-0.05, 0) is 18.4 Å². The molecule has 1 atom stereocenters. The van der Waals surface area contributed by atoms with Gasteiger partial charge in [0.15, 0.2) is 0 Å². The van der Waals surface area contributed by atoms with Crippen LogP contribution in [0.4, 0.5) is 0 Å². The van der Waals surface area contributed by atoms with Gasteiger partial charge < -0.3 is 4.52 Å². The van der Waals surface area contributed by atoms with Crippen molar-refractivity contribution in [2.24, 2.45) is 13.5 Å². The highest BCUT2D eigenvalue weighted by Gasteiger charge is 2.57. The van der Waals surface area contributed by atoms with Crippen molar-refractivity contribution in [1.29, 1.82) is 0 Å². The topological polar surface area (TPSA) is 61.6 Å². The first-order valence-corrected chi connectivity index (χ1v) is 16.4. The van der Waals surface area contributed by atoms with E-state index < -0.39 is 22.6 Å². The fourth-order valence-electron chi connectivity index (χ4n) is 4.55. The molecule has 5 fully saturated rings. The van der Waals surface area contributed by atoms with Crippen molar-refractivity contribution in [3.8, 4) is 0 Å². The Morgan fingerprint density at radius 3 is 1.87 bits per heavy atom. The maximum atomic E-state index is 6.72. The predicted molar refractivity (Wildman–Crippen MR) is 127 cm³/mol. The molecule has 1 unspecified atom stereocenters. The molecule has 0 aliphatic carbocycles. The largest absolute Gasteiger partial charge is 0.316 e. The van der Waals surface area contributed by atoms with Crippen LogP contribution in [0.2, 0.25) is 0 Å². The molecule has 1 aromatic carbocycles. The van der Waals surface area contributed by atoms with E-state index in [1.807, 2.05) is 0 Å². The van der Waals surface area contributed by atoms with Crippen molar-refractivity contribution < 1.29 is 4.52 Å². The summed E-state index contributed by atoms with van der Waals surface area (Å²) in [4.78, 5) is 0. The van der Waals surface area contributed by atoms with Crippen LogP contribution in [0.15, 0.2) is 43.9 Å². The lowest BCUT2D eigenvalue weighted by Crippen LogP contribution is -2.30. The lowest BCUT2D eigenvalue weighted by molar-refractivity contribution is 0.237. The molecular weight excluding hydrogens is 449 g/mol. The van der Waals surface area contributed by atoms with Gasteiger partial charge in [0, 0.05) is 65.4 Å².